The number of anilines is 1. The Labute approximate surface area is 202 Å². The smallest absolute Gasteiger partial charge is 0.221 e. The molecule has 0 spiro atoms. The number of halogens is 1. The molecule has 1 amide bonds. The van der Waals surface area contributed by atoms with Gasteiger partial charge in [-0.3, -0.25) is 4.79 Å². The molecule has 0 saturated carbocycles. The standard InChI is InChI=1S/C25H40FN5OS/c1-5-8-17-31(18-15-24(32)27-20(4)10-9-16-30(6-2)7-3)25-28-23(29-33-25)19-21-11-13-22(26)14-12-21/h11-14,20H,5-10,15-19H2,1-4H3,(H,27,32). The molecule has 1 unspecified atom stereocenters. The Morgan fingerprint density at radius 1 is 1.09 bits per heavy atom. The van der Waals surface area contributed by atoms with E-state index in [1.807, 2.05) is 0 Å². The largest absolute Gasteiger partial charge is 0.354 e. The van der Waals surface area contributed by atoms with Crippen LogP contribution in [0.2, 0.25) is 0 Å². The number of amides is 1. The lowest BCUT2D eigenvalue weighted by Gasteiger charge is -2.22. The van der Waals surface area contributed by atoms with E-state index >= 15 is 0 Å². The van der Waals surface area contributed by atoms with E-state index in [1.54, 1.807) is 12.1 Å². The van der Waals surface area contributed by atoms with E-state index in [4.69, 9.17) is 4.98 Å². The number of benzene rings is 1. The number of carbonyl (C=O) groups excluding carboxylic acids is 1. The van der Waals surface area contributed by atoms with Gasteiger partial charge in [-0.05, 0) is 63.5 Å². The number of rotatable bonds is 16. The van der Waals surface area contributed by atoms with Crippen LogP contribution in [0.3, 0.4) is 0 Å². The first-order valence-electron chi connectivity index (χ1n) is 12.3. The lowest BCUT2D eigenvalue weighted by atomic mass is 10.1. The molecule has 2 rings (SSSR count). The third-order valence-electron chi connectivity index (χ3n) is 5.81. The highest BCUT2D eigenvalue weighted by molar-refractivity contribution is 7.09. The first kappa shape index (κ1) is 27.2. The topological polar surface area (TPSA) is 61.4 Å². The normalized spacial score (nSPS) is 12.2. The van der Waals surface area contributed by atoms with Gasteiger partial charge in [0.15, 0.2) is 0 Å². The molecule has 6 nitrogen and oxygen atoms in total. The Morgan fingerprint density at radius 3 is 2.48 bits per heavy atom. The van der Waals surface area contributed by atoms with Gasteiger partial charge in [-0.25, -0.2) is 9.37 Å². The van der Waals surface area contributed by atoms with Crippen LogP contribution in [0.15, 0.2) is 24.3 Å². The van der Waals surface area contributed by atoms with Crippen molar-refractivity contribution in [2.45, 2.75) is 72.3 Å². The van der Waals surface area contributed by atoms with Crippen molar-refractivity contribution in [3.05, 3.63) is 41.5 Å². The molecule has 1 aromatic carbocycles. The average molecular weight is 478 g/mol. The Hall–Kier alpha value is -2.06. The van der Waals surface area contributed by atoms with E-state index in [1.165, 1.54) is 23.7 Å². The summed E-state index contributed by atoms with van der Waals surface area (Å²) in [5.74, 6) is 0.574. The number of nitrogens with one attached hydrogen (secondary N) is 1. The number of hydrogen-bond acceptors (Lipinski definition) is 6. The summed E-state index contributed by atoms with van der Waals surface area (Å²) < 4.78 is 17.6. The van der Waals surface area contributed by atoms with Gasteiger partial charge in [0, 0.05) is 43.5 Å². The van der Waals surface area contributed by atoms with Gasteiger partial charge >= 0.3 is 0 Å². The third kappa shape index (κ3) is 10.2. The maximum atomic E-state index is 13.1. The van der Waals surface area contributed by atoms with Crippen LogP contribution < -0.4 is 10.2 Å². The first-order valence-corrected chi connectivity index (χ1v) is 13.1. The molecule has 1 atom stereocenters. The van der Waals surface area contributed by atoms with E-state index < -0.39 is 0 Å². The van der Waals surface area contributed by atoms with E-state index in [2.05, 4.69) is 47.2 Å². The summed E-state index contributed by atoms with van der Waals surface area (Å²) in [4.78, 5) is 21.8. The fourth-order valence-electron chi connectivity index (χ4n) is 3.70. The van der Waals surface area contributed by atoms with E-state index in [-0.39, 0.29) is 17.8 Å². The van der Waals surface area contributed by atoms with Gasteiger partial charge in [-0.15, -0.1) is 0 Å². The Balaban J connectivity index is 1.84. The summed E-state index contributed by atoms with van der Waals surface area (Å²) in [6.07, 6.45) is 5.21. The minimum absolute atomic E-state index is 0.0860. The van der Waals surface area contributed by atoms with Gasteiger partial charge in [-0.2, -0.15) is 4.37 Å². The molecule has 0 aliphatic rings. The summed E-state index contributed by atoms with van der Waals surface area (Å²) in [7, 11) is 0. The Bertz CT molecular complexity index is 809. The first-order chi connectivity index (χ1) is 15.9. The second-order valence-electron chi connectivity index (χ2n) is 8.52. The highest BCUT2D eigenvalue weighted by atomic mass is 32.1. The Morgan fingerprint density at radius 2 is 1.82 bits per heavy atom. The molecule has 184 valence electrons. The zero-order valence-corrected chi connectivity index (χ0v) is 21.5. The van der Waals surface area contributed by atoms with Gasteiger partial charge in [-0.1, -0.05) is 39.3 Å². The van der Waals surface area contributed by atoms with Crippen LogP contribution in [0.5, 0.6) is 0 Å². The summed E-state index contributed by atoms with van der Waals surface area (Å²) >= 11 is 1.37. The highest BCUT2D eigenvalue weighted by Gasteiger charge is 2.15. The SMILES string of the molecule is CCCCN(CCC(=O)NC(C)CCCN(CC)CC)c1nc(Cc2ccc(F)cc2)ns1. The van der Waals surface area contributed by atoms with Crippen molar-refractivity contribution in [1.29, 1.82) is 0 Å². The maximum Gasteiger partial charge on any atom is 0.221 e. The molecule has 0 bridgehead atoms. The van der Waals surface area contributed by atoms with Crippen molar-refractivity contribution >= 4 is 22.6 Å². The summed E-state index contributed by atoms with van der Waals surface area (Å²) in [5.41, 5.74) is 0.982. The quantitative estimate of drug-likeness (QED) is 0.373. The molecular weight excluding hydrogens is 437 g/mol. The molecule has 0 aliphatic heterocycles. The lowest BCUT2D eigenvalue weighted by molar-refractivity contribution is -0.121. The summed E-state index contributed by atoms with van der Waals surface area (Å²) in [6, 6.07) is 6.62. The fourth-order valence-corrected chi connectivity index (χ4v) is 4.44. The molecule has 1 heterocycles. The van der Waals surface area contributed by atoms with Crippen molar-refractivity contribution in [3.8, 4) is 0 Å². The Kier molecular flexibility index (Phi) is 12.3. The summed E-state index contributed by atoms with van der Waals surface area (Å²) in [5, 5.41) is 4.00. The molecule has 0 fully saturated rings. The third-order valence-corrected chi connectivity index (χ3v) is 6.62. The molecular formula is C25H40FN5OS. The van der Waals surface area contributed by atoms with Gasteiger partial charge in [0.2, 0.25) is 11.0 Å². The molecule has 8 heteroatoms. The molecule has 1 N–H and O–H groups in total. The highest BCUT2D eigenvalue weighted by Crippen LogP contribution is 2.20. The minimum atomic E-state index is -0.243. The van der Waals surface area contributed by atoms with Crippen molar-refractivity contribution < 1.29 is 9.18 Å². The van der Waals surface area contributed by atoms with Crippen LogP contribution in [0.25, 0.3) is 0 Å². The molecule has 1 aromatic heterocycles. The predicted molar refractivity (Wildman–Crippen MR) is 135 cm³/mol. The number of aromatic nitrogens is 2. The van der Waals surface area contributed by atoms with E-state index in [9.17, 15) is 9.18 Å². The number of unbranched alkanes of at least 4 members (excludes halogenated alkanes) is 1. The van der Waals surface area contributed by atoms with E-state index in [0.717, 1.165) is 68.4 Å². The molecule has 33 heavy (non-hydrogen) atoms. The molecule has 0 radical (unpaired) electrons. The second-order valence-corrected chi connectivity index (χ2v) is 9.25. The van der Waals surface area contributed by atoms with Crippen LogP contribution in [0, 0.1) is 5.82 Å². The number of carbonyl (C=O) groups is 1. The molecule has 0 saturated heterocycles. The molecule has 0 aliphatic carbocycles. The zero-order chi connectivity index (χ0) is 24.1. The average Bonchev–Trinajstić information content (AvgIpc) is 3.26. The van der Waals surface area contributed by atoms with E-state index in [0.29, 0.717) is 19.4 Å². The van der Waals surface area contributed by atoms with Crippen LogP contribution in [0.1, 0.15) is 71.2 Å². The fraction of sp³-hybridized carbons (Fsp3) is 0.640. The van der Waals surface area contributed by atoms with Crippen molar-refractivity contribution in [2.24, 2.45) is 0 Å². The molecule has 2 aromatic rings. The second kappa shape index (κ2) is 15.0. The van der Waals surface area contributed by atoms with Gasteiger partial charge in [0.25, 0.3) is 0 Å². The van der Waals surface area contributed by atoms with Gasteiger partial charge in [0.1, 0.15) is 11.6 Å². The van der Waals surface area contributed by atoms with Crippen molar-refractivity contribution in [2.75, 3.05) is 37.6 Å². The zero-order valence-electron chi connectivity index (χ0n) is 20.6. The number of hydrogen-bond donors (Lipinski definition) is 1. The minimum Gasteiger partial charge on any atom is -0.354 e. The van der Waals surface area contributed by atoms with Crippen LogP contribution in [-0.4, -0.2) is 58.9 Å². The van der Waals surface area contributed by atoms with Crippen LogP contribution in [-0.2, 0) is 11.2 Å². The van der Waals surface area contributed by atoms with Gasteiger partial charge in [0.05, 0.1) is 0 Å². The lowest BCUT2D eigenvalue weighted by Crippen LogP contribution is -2.36. The van der Waals surface area contributed by atoms with Crippen LogP contribution >= 0.6 is 11.5 Å². The van der Waals surface area contributed by atoms with Crippen molar-refractivity contribution in [1.82, 2.24) is 19.6 Å². The predicted octanol–water partition coefficient (Wildman–Crippen LogP) is 4.89. The maximum absolute atomic E-state index is 13.1. The van der Waals surface area contributed by atoms with Crippen molar-refractivity contribution in [3.63, 3.8) is 0 Å². The van der Waals surface area contributed by atoms with Crippen LogP contribution in [0.4, 0.5) is 9.52 Å². The monoisotopic (exact) mass is 477 g/mol. The number of nitrogens with zero attached hydrogens (tertiary/aromatic N) is 4. The summed E-state index contributed by atoms with van der Waals surface area (Å²) in [6.45, 7) is 13.3. The van der Waals surface area contributed by atoms with Gasteiger partial charge < -0.3 is 15.1 Å².